The minimum Gasteiger partial charge on any atom is -0.385 e. The van der Waals surface area contributed by atoms with Crippen molar-refractivity contribution in [3.05, 3.63) is 35.4 Å². The highest BCUT2D eigenvalue weighted by Crippen LogP contribution is 2.48. The van der Waals surface area contributed by atoms with Gasteiger partial charge in [-0.2, -0.15) is 0 Å². The maximum atomic E-state index is 10.8. The number of aliphatic hydroxyl groups is 1. The van der Waals surface area contributed by atoms with Crippen molar-refractivity contribution in [1.82, 2.24) is 0 Å². The van der Waals surface area contributed by atoms with Crippen molar-refractivity contribution in [2.45, 2.75) is 44.1 Å². The number of hydrogen-bond donors (Lipinski definition) is 1. The van der Waals surface area contributed by atoms with E-state index in [0.29, 0.717) is 5.92 Å². The average Bonchev–Trinajstić information content (AvgIpc) is 2.88. The molecule has 0 saturated heterocycles. The Kier molecular flexibility index (Phi) is 2.10. The van der Waals surface area contributed by atoms with Crippen molar-refractivity contribution in [2.75, 3.05) is 0 Å². The molecule has 1 fully saturated rings. The summed E-state index contributed by atoms with van der Waals surface area (Å²) in [7, 11) is 0. The molecule has 0 amide bonds. The van der Waals surface area contributed by atoms with E-state index in [1.54, 1.807) is 0 Å². The van der Waals surface area contributed by atoms with E-state index < -0.39 is 5.60 Å². The molecule has 0 radical (unpaired) electrons. The number of aryl methyl sites for hydroxylation is 1. The molecule has 0 aromatic heterocycles. The first-order chi connectivity index (χ1) is 7.31. The molecule has 1 heteroatoms. The predicted molar refractivity (Wildman–Crippen MR) is 60.6 cm³/mol. The molecule has 1 nitrogen and oxygen atoms in total. The van der Waals surface area contributed by atoms with E-state index in [1.807, 2.05) is 0 Å². The van der Waals surface area contributed by atoms with Gasteiger partial charge in [0.05, 0.1) is 5.60 Å². The van der Waals surface area contributed by atoms with Crippen molar-refractivity contribution >= 4 is 0 Å². The summed E-state index contributed by atoms with van der Waals surface area (Å²) in [5, 5.41) is 10.8. The summed E-state index contributed by atoms with van der Waals surface area (Å²) in [6, 6.07) is 8.44. The van der Waals surface area contributed by atoms with Crippen molar-refractivity contribution in [1.29, 1.82) is 0 Å². The lowest BCUT2D eigenvalue weighted by Gasteiger charge is -2.30. The number of rotatable bonds is 1. The van der Waals surface area contributed by atoms with Crippen molar-refractivity contribution < 1.29 is 5.11 Å². The molecule has 1 saturated carbocycles. The molecular formula is C14H18O. The van der Waals surface area contributed by atoms with Crippen LogP contribution in [0.4, 0.5) is 0 Å². The zero-order chi connectivity index (χ0) is 10.3. The standard InChI is InChI=1S/C14H18O/c15-14(12-6-2-3-7-12)10-9-11-5-1-4-8-13(11)14/h1,4-5,8,12,15H,2-3,6-7,9-10H2/t14-/m0/s1. The molecule has 80 valence electrons. The third kappa shape index (κ3) is 1.33. The first-order valence-electron chi connectivity index (χ1n) is 6.11. The third-order valence-electron chi connectivity index (χ3n) is 4.29. The second-order valence-corrected chi connectivity index (χ2v) is 5.06. The van der Waals surface area contributed by atoms with Crippen molar-refractivity contribution in [3.8, 4) is 0 Å². The summed E-state index contributed by atoms with van der Waals surface area (Å²) < 4.78 is 0. The monoisotopic (exact) mass is 202 g/mol. The minimum atomic E-state index is -0.493. The second kappa shape index (κ2) is 3.34. The van der Waals surface area contributed by atoms with Crippen LogP contribution >= 0.6 is 0 Å². The Bertz CT molecular complexity index is 365. The van der Waals surface area contributed by atoms with Crippen molar-refractivity contribution in [2.24, 2.45) is 5.92 Å². The molecule has 0 spiro atoms. The first kappa shape index (κ1) is 9.41. The van der Waals surface area contributed by atoms with E-state index >= 15 is 0 Å². The van der Waals surface area contributed by atoms with Crippen LogP contribution in [0.1, 0.15) is 43.2 Å². The highest BCUT2D eigenvalue weighted by atomic mass is 16.3. The normalized spacial score (nSPS) is 30.7. The lowest BCUT2D eigenvalue weighted by Crippen LogP contribution is -2.30. The van der Waals surface area contributed by atoms with Gasteiger partial charge in [-0.05, 0) is 42.7 Å². The lowest BCUT2D eigenvalue weighted by molar-refractivity contribution is -0.0200. The van der Waals surface area contributed by atoms with Gasteiger partial charge in [0, 0.05) is 0 Å². The molecule has 2 aliphatic carbocycles. The highest BCUT2D eigenvalue weighted by Gasteiger charge is 2.43. The van der Waals surface area contributed by atoms with Gasteiger partial charge in [-0.15, -0.1) is 0 Å². The van der Waals surface area contributed by atoms with Crippen LogP contribution in [0.5, 0.6) is 0 Å². The fraction of sp³-hybridized carbons (Fsp3) is 0.571. The van der Waals surface area contributed by atoms with E-state index in [-0.39, 0.29) is 0 Å². The number of benzene rings is 1. The molecule has 0 aliphatic heterocycles. The Balaban J connectivity index is 2.00. The molecule has 0 unspecified atom stereocenters. The topological polar surface area (TPSA) is 20.2 Å². The average molecular weight is 202 g/mol. The largest absolute Gasteiger partial charge is 0.385 e. The highest BCUT2D eigenvalue weighted by molar-refractivity contribution is 5.37. The summed E-state index contributed by atoms with van der Waals surface area (Å²) in [5.74, 6) is 0.515. The molecule has 2 aliphatic rings. The summed E-state index contributed by atoms with van der Waals surface area (Å²) in [6.45, 7) is 0. The molecule has 1 aromatic carbocycles. The van der Waals surface area contributed by atoms with E-state index in [0.717, 1.165) is 12.8 Å². The summed E-state index contributed by atoms with van der Waals surface area (Å²) in [5.41, 5.74) is 2.09. The maximum Gasteiger partial charge on any atom is 0.0930 e. The SMILES string of the molecule is O[C@]1(C2CCCC2)CCc2ccccc21. The quantitative estimate of drug-likeness (QED) is 0.742. The zero-order valence-electron chi connectivity index (χ0n) is 9.08. The van der Waals surface area contributed by atoms with Gasteiger partial charge in [0.25, 0.3) is 0 Å². The maximum absolute atomic E-state index is 10.8. The van der Waals surface area contributed by atoms with Crippen LogP contribution in [0.2, 0.25) is 0 Å². The second-order valence-electron chi connectivity index (χ2n) is 5.06. The molecule has 0 heterocycles. The van der Waals surface area contributed by atoms with Gasteiger partial charge in [-0.25, -0.2) is 0 Å². The Morgan fingerprint density at radius 3 is 2.67 bits per heavy atom. The molecule has 1 atom stereocenters. The zero-order valence-corrected chi connectivity index (χ0v) is 9.08. The number of fused-ring (bicyclic) bond motifs is 1. The molecule has 0 bridgehead atoms. The van der Waals surface area contributed by atoms with Crippen molar-refractivity contribution in [3.63, 3.8) is 0 Å². The van der Waals surface area contributed by atoms with Gasteiger partial charge in [-0.3, -0.25) is 0 Å². The molecule has 1 N–H and O–H groups in total. The Hall–Kier alpha value is -0.820. The summed E-state index contributed by atoms with van der Waals surface area (Å²) in [6.07, 6.45) is 7.03. The van der Waals surface area contributed by atoms with Gasteiger partial charge >= 0.3 is 0 Å². The Labute approximate surface area is 91.1 Å². The summed E-state index contributed by atoms with van der Waals surface area (Å²) >= 11 is 0. The van der Waals surface area contributed by atoms with Gasteiger partial charge in [0.2, 0.25) is 0 Å². The van der Waals surface area contributed by atoms with Crippen LogP contribution in [-0.2, 0) is 12.0 Å². The van der Waals surface area contributed by atoms with Crippen LogP contribution in [-0.4, -0.2) is 5.11 Å². The Morgan fingerprint density at radius 2 is 1.87 bits per heavy atom. The lowest BCUT2D eigenvalue weighted by atomic mass is 9.81. The van der Waals surface area contributed by atoms with Crippen LogP contribution < -0.4 is 0 Å². The van der Waals surface area contributed by atoms with E-state index in [9.17, 15) is 5.11 Å². The van der Waals surface area contributed by atoms with Gasteiger partial charge < -0.3 is 5.11 Å². The smallest absolute Gasteiger partial charge is 0.0930 e. The van der Waals surface area contributed by atoms with Crippen LogP contribution in [0, 0.1) is 5.92 Å². The van der Waals surface area contributed by atoms with Crippen LogP contribution in [0.15, 0.2) is 24.3 Å². The number of hydrogen-bond acceptors (Lipinski definition) is 1. The summed E-state index contributed by atoms with van der Waals surface area (Å²) in [4.78, 5) is 0. The van der Waals surface area contributed by atoms with Gasteiger partial charge in [0.15, 0.2) is 0 Å². The molecule has 15 heavy (non-hydrogen) atoms. The third-order valence-corrected chi connectivity index (χ3v) is 4.29. The van der Waals surface area contributed by atoms with Crippen LogP contribution in [0.25, 0.3) is 0 Å². The van der Waals surface area contributed by atoms with E-state index in [1.165, 1.54) is 36.8 Å². The predicted octanol–water partition coefficient (Wildman–Crippen LogP) is 3.01. The van der Waals surface area contributed by atoms with E-state index in [4.69, 9.17) is 0 Å². The fourth-order valence-corrected chi connectivity index (χ4v) is 3.45. The van der Waals surface area contributed by atoms with Crippen LogP contribution in [0.3, 0.4) is 0 Å². The molecular weight excluding hydrogens is 184 g/mol. The van der Waals surface area contributed by atoms with Gasteiger partial charge in [0.1, 0.15) is 0 Å². The molecule has 3 rings (SSSR count). The Morgan fingerprint density at radius 1 is 1.13 bits per heavy atom. The fourth-order valence-electron chi connectivity index (χ4n) is 3.45. The molecule has 1 aromatic rings. The van der Waals surface area contributed by atoms with E-state index in [2.05, 4.69) is 24.3 Å². The van der Waals surface area contributed by atoms with Gasteiger partial charge in [-0.1, -0.05) is 37.1 Å². The minimum absolute atomic E-state index is 0.493. The first-order valence-corrected chi connectivity index (χ1v) is 6.11.